The molecule has 0 saturated heterocycles. The fourth-order valence-corrected chi connectivity index (χ4v) is 2.89. The second-order valence-corrected chi connectivity index (χ2v) is 4.99. The monoisotopic (exact) mass is 357 g/mol. The lowest BCUT2D eigenvalue weighted by Gasteiger charge is -2.14. The molecule has 1 aromatic carbocycles. The smallest absolute Gasteiger partial charge is 0.122 e. The molecule has 0 fully saturated rings. The maximum atomic E-state index is 9.73. The van der Waals surface area contributed by atoms with Gasteiger partial charge in [-0.1, -0.05) is 45.2 Å². The van der Waals surface area contributed by atoms with Crippen molar-refractivity contribution < 1.29 is 5.11 Å². The van der Waals surface area contributed by atoms with Crippen molar-refractivity contribution >= 4 is 44.3 Å². The Hall–Kier alpha value is 0.230. The lowest BCUT2D eigenvalue weighted by atomic mass is 10.0. The number of hydrogen-bond acceptors (Lipinski definition) is 2. The lowest BCUT2D eigenvalue weighted by Crippen LogP contribution is -2.10. The number of rotatable bonds is 3. The fourth-order valence-electron chi connectivity index (χ4n) is 1.39. The lowest BCUT2D eigenvalue weighted by molar-refractivity contribution is 0.456. The quantitative estimate of drug-likeness (QED) is 0.852. The molecule has 0 aliphatic carbocycles. The average Bonchev–Trinajstić information content (AvgIpc) is 2.01. The third kappa shape index (κ3) is 3.94. The summed E-state index contributed by atoms with van der Waals surface area (Å²) in [6.45, 7) is 2.07. The Morgan fingerprint density at radius 1 is 1.40 bits per heavy atom. The van der Waals surface area contributed by atoms with Gasteiger partial charge in [-0.2, -0.15) is 0 Å². The molecule has 2 nitrogen and oxygen atoms in total. The van der Waals surface area contributed by atoms with Gasteiger partial charge in [0.2, 0.25) is 0 Å². The summed E-state index contributed by atoms with van der Waals surface area (Å²) in [6.07, 6.45) is 1.87. The van der Waals surface area contributed by atoms with E-state index in [2.05, 4.69) is 38.8 Å². The molecule has 3 N–H and O–H groups in total. The van der Waals surface area contributed by atoms with Crippen LogP contribution in [0, 0.1) is 0 Å². The van der Waals surface area contributed by atoms with Crippen LogP contribution in [-0.2, 0) is 0 Å². The highest BCUT2D eigenvalue weighted by molar-refractivity contribution is 9.11. The molecule has 15 heavy (non-hydrogen) atoms. The summed E-state index contributed by atoms with van der Waals surface area (Å²) >= 11 is 6.70. The van der Waals surface area contributed by atoms with E-state index < -0.39 is 0 Å². The van der Waals surface area contributed by atoms with Crippen LogP contribution in [0.25, 0.3) is 0 Å². The molecule has 5 heteroatoms. The first-order valence-corrected chi connectivity index (χ1v) is 6.08. The second-order valence-electron chi connectivity index (χ2n) is 3.22. The SMILES string of the molecule is CCC[C@@H](N)c1c(O)cc(Br)cc1Br.Cl. The molecule has 1 aromatic rings. The molecule has 0 aromatic heterocycles. The van der Waals surface area contributed by atoms with Gasteiger partial charge in [-0.25, -0.2) is 0 Å². The molecular formula is C10H14Br2ClNO. The molecule has 0 amide bonds. The van der Waals surface area contributed by atoms with E-state index in [1.54, 1.807) is 6.07 Å². The maximum absolute atomic E-state index is 9.73. The first-order valence-electron chi connectivity index (χ1n) is 4.49. The van der Waals surface area contributed by atoms with E-state index in [1.807, 2.05) is 6.07 Å². The minimum absolute atomic E-state index is 0. The van der Waals surface area contributed by atoms with Crippen molar-refractivity contribution in [3.63, 3.8) is 0 Å². The van der Waals surface area contributed by atoms with Crippen LogP contribution in [-0.4, -0.2) is 5.11 Å². The Kier molecular flexibility index (Phi) is 6.84. The Morgan fingerprint density at radius 2 is 2.00 bits per heavy atom. The number of phenols is 1. The molecule has 0 aliphatic heterocycles. The summed E-state index contributed by atoms with van der Waals surface area (Å²) in [4.78, 5) is 0. The number of aromatic hydroxyl groups is 1. The van der Waals surface area contributed by atoms with Gasteiger partial charge < -0.3 is 10.8 Å². The minimum Gasteiger partial charge on any atom is -0.508 e. The Labute approximate surface area is 113 Å². The van der Waals surface area contributed by atoms with Crippen LogP contribution in [0.2, 0.25) is 0 Å². The highest BCUT2D eigenvalue weighted by Crippen LogP contribution is 2.35. The van der Waals surface area contributed by atoms with E-state index in [9.17, 15) is 5.11 Å². The van der Waals surface area contributed by atoms with Gasteiger partial charge in [-0.3, -0.25) is 0 Å². The van der Waals surface area contributed by atoms with Crippen molar-refractivity contribution in [2.75, 3.05) is 0 Å². The summed E-state index contributed by atoms with van der Waals surface area (Å²) in [5, 5.41) is 9.73. The molecule has 0 heterocycles. The number of hydrogen-bond donors (Lipinski definition) is 2. The van der Waals surface area contributed by atoms with E-state index in [0.29, 0.717) is 0 Å². The molecule has 86 valence electrons. The zero-order valence-electron chi connectivity index (χ0n) is 8.34. The van der Waals surface area contributed by atoms with Gasteiger partial charge in [0.05, 0.1) is 0 Å². The molecule has 0 spiro atoms. The Morgan fingerprint density at radius 3 is 2.47 bits per heavy atom. The Balaban J connectivity index is 0.00000196. The van der Waals surface area contributed by atoms with Gasteiger partial charge in [-0.05, 0) is 18.6 Å². The predicted molar refractivity (Wildman–Crippen MR) is 72.6 cm³/mol. The molecule has 1 rings (SSSR count). The zero-order valence-corrected chi connectivity index (χ0v) is 12.3. The highest BCUT2D eigenvalue weighted by Gasteiger charge is 2.14. The normalized spacial score (nSPS) is 12.0. The van der Waals surface area contributed by atoms with Gasteiger partial charge >= 0.3 is 0 Å². The summed E-state index contributed by atoms with van der Waals surface area (Å²) in [5.74, 6) is 0.243. The van der Waals surface area contributed by atoms with Gasteiger partial charge in [0.1, 0.15) is 5.75 Å². The van der Waals surface area contributed by atoms with Crippen molar-refractivity contribution in [3.05, 3.63) is 26.6 Å². The van der Waals surface area contributed by atoms with Crippen LogP contribution in [0.15, 0.2) is 21.1 Å². The van der Waals surface area contributed by atoms with Crippen LogP contribution in [0.3, 0.4) is 0 Å². The largest absolute Gasteiger partial charge is 0.508 e. The molecule has 1 atom stereocenters. The van der Waals surface area contributed by atoms with E-state index in [0.717, 1.165) is 27.4 Å². The maximum Gasteiger partial charge on any atom is 0.122 e. The molecule has 0 bridgehead atoms. The standard InChI is InChI=1S/C10H13Br2NO.ClH/c1-2-3-8(13)10-7(12)4-6(11)5-9(10)14;/h4-5,8,14H,2-3,13H2,1H3;1H/t8-;/m1./s1. The highest BCUT2D eigenvalue weighted by atomic mass is 79.9. The third-order valence-corrected chi connectivity index (χ3v) is 3.16. The number of halogens is 3. The first kappa shape index (κ1) is 15.2. The van der Waals surface area contributed by atoms with Crippen molar-refractivity contribution in [1.82, 2.24) is 0 Å². The number of benzene rings is 1. The molecule has 0 unspecified atom stereocenters. The van der Waals surface area contributed by atoms with E-state index >= 15 is 0 Å². The summed E-state index contributed by atoms with van der Waals surface area (Å²) in [5.41, 5.74) is 6.74. The van der Waals surface area contributed by atoms with E-state index in [-0.39, 0.29) is 24.2 Å². The van der Waals surface area contributed by atoms with Crippen LogP contribution < -0.4 is 5.73 Å². The minimum atomic E-state index is -0.109. The van der Waals surface area contributed by atoms with Gasteiger partial charge in [0, 0.05) is 20.6 Å². The van der Waals surface area contributed by atoms with Crippen LogP contribution in [0.4, 0.5) is 0 Å². The van der Waals surface area contributed by atoms with Crippen LogP contribution in [0.5, 0.6) is 5.75 Å². The van der Waals surface area contributed by atoms with Crippen LogP contribution >= 0.6 is 44.3 Å². The van der Waals surface area contributed by atoms with Crippen molar-refractivity contribution in [3.8, 4) is 5.75 Å². The van der Waals surface area contributed by atoms with Gasteiger partial charge in [0.15, 0.2) is 0 Å². The molecule has 0 aliphatic rings. The number of phenolic OH excluding ortho intramolecular Hbond substituents is 1. The third-order valence-electron chi connectivity index (χ3n) is 2.04. The first-order chi connectivity index (χ1) is 6.56. The van der Waals surface area contributed by atoms with Gasteiger partial charge in [0.25, 0.3) is 0 Å². The zero-order chi connectivity index (χ0) is 10.7. The van der Waals surface area contributed by atoms with Crippen molar-refractivity contribution in [1.29, 1.82) is 0 Å². The number of nitrogens with two attached hydrogens (primary N) is 1. The molecular weight excluding hydrogens is 345 g/mol. The predicted octanol–water partition coefficient (Wildman–Crippen LogP) is 4.14. The van der Waals surface area contributed by atoms with Crippen molar-refractivity contribution in [2.24, 2.45) is 5.73 Å². The summed E-state index contributed by atoms with van der Waals surface area (Å²) in [7, 11) is 0. The molecule has 0 radical (unpaired) electrons. The summed E-state index contributed by atoms with van der Waals surface area (Å²) in [6, 6.07) is 3.45. The second kappa shape index (κ2) is 6.74. The van der Waals surface area contributed by atoms with Crippen molar-refractivity contribution in [2.45, 2.75) is 25.8 Å². The topological polar surface area (TPSA) is 46.2 Å². The van der Waals surface area contributed by atoms with Gasteiger partial charge in [-0.15, -0.1) is 12.4 Å². The summed E-state index contributed by atoms with van der Waals surface area (Å²) < 4.78 is 1.69. The van der Waals surface area contributed by atoms with Crippen LogP contribution in [0.1, 0.15) is 31.4 Å². The Bertz CT molecular complexity index is 310. The van der Waals surface area contributed by atoms with E-state index in [4.69, 9.17) is 5.73 Å². The fraction of sp³-hybridized carbons (Fsp3) is 0.400. The molecule has 0 saturated carbocycles. The van der Waals surface area contributed by atoms with E-state index in [1.165, 1.54) is 0 Å². The average molecular weight is 359 g/mol.